The molecule has 0 spiro atoms. The molecule has 5 aromatic rings. The van der Waals surface area contributed by atoms with Crippen molar-refractivity contribution in [2.24, 2.45) is 5.92 Å². The van der Waals surface area contributed by atoms with E-state index in [1.807, 2.05) is 117 Å². The van der Waals surface area contributed by atoms with Gasteiger partial charge in [-0.15, -0.1) is 0 Å². The van der Waals surface area contributed by atoms with Gasteiger partial charge in [-0.25, -0.2) is 9.78 Å². The van der Waals surface area contributed by atoms with E-state index in [0.717, 1.165) is 27.5 Å². The van der Waals surface area contributed by atoms with E-state index < -0.39 is 48.0 Å². The Bertz CT molecular complexity index is 1930. The van der Waals surface area contributed by atoms with E-state index in [4.69, 9.17) is 4.74 Å². The molecular weight excluding hydrogens is 672 g/mol. The molecule has 0 bridgehead atoms. The first-order chi connectivity index (χ1) is 25.7. The van der Waals surface area contributed by atoms with Gasteiger partial charge in [0.2, 0.25) is 11.8 Å². The van der Waals surface area contributed by atoms with Crippen molar-refractivity contribution in [2.45, 2.75) is 70.5 Å². The molecule has 12 nitrogen and oxygen atoms in total. The molecule has 0 aliphatic rings. The van der Waals surface area contributed by atoms with Crippen LogP contribution >= 0.6 is 0 Å². The average Bonchev–Trinajstić information content (AvgIpc) is 3.69. The summed E-state index contributed by atoms with van der Waals surface area (Å²) in [6, 6.07) is 28.6. The number of aliphatic hydroxyl groups is 1. The fourth-order valence-corrected chi connectivity index (χ4v) is 6.03. The Hall–Kier alpha value is -6.01. The van der Waals surface area contributed by atoms with Crippen LogP contribution in [0.15, 0.2) is 116 Å². The molecular formula is C41H46N6O6. The lowest BCUT2D eigenvalue weighted by molar-refractivity contribution is -0.134. The molecule has 4 atom stereocenters. The molecule has 0 aliphatic heterocycles. The maximum atomic E-state index is 14.2. The molecule has 4 amide bonds. The minimum atomic E-state index is -1.56. The molecule has 4 aromatic carbocycles. The van der Waals surface area contributed by atoms with Crippen LogP contribution in [0.2, 0.25) is 0 Å². The van der Waals surface area contributed by atoms with Crippen LogP contribution < -0.4 is 21.3 Å². The second kappa shape index (κ2) is 19.0. The molecule has 276 valence electrons. The van der Waals surface area contributed by atoms with Crippen molar-refractivity contribution >= 4 is 34.6 Å². The zero-order valence-electron chi connectivity index (χ0n) is 29.8. The minimum absolute atomic E-state index is 0.00136. The molecule has 1 heterocycles. The van der Waals surface area contributed by atoms with Crippen molar-refractivity contribution in [3.8, 4) is 0 Å². The monoisotopic (exact) mass is 718 g/mol. The van der Waals surface area contributed by atoms with Crippen LogP contribution in [-0.4, -0.2) is 63.1 Å². The average molecular weight is 719 g/mol. The number of imidazole rings is 1. The summed E-state index contributed by atoms with van der Waals surface area (Å²) in [4.78, 5) is 61.4. The van der Waals surface area contributed by atoms with Crippen LogP contribution in [0.3, 0.4) is 0 Å². The highest BCUT2D eigenvalue weighted by Crippen LogP contribution is 2.20. The number of aromatic nitrogens is 2. The first-order valence-corrected chi connectivity index (χ1v) is 17.7. The van der Waals surface area contributed by atoms with Crippen LogP contribution in [0, 0.1) is 5.92 Å². The van der Waals surface area contributed by atoms with E-state index in [0.29, 0.717) is 5.69 Å². The third-order valence-corrected chi connectivity index (χ3v) is 8.75. The smallest absolute Gasteiger partial charge is 0.408 e. The van der Waals surface area contributed by atoms with Crippen molar-refractivity contribution in [2.75, 3.05) is 0 Å². The number of hydrogen-bond acceptors (Lipinski definition) is 7. The van der Waals surface area contributed by atoms with Gasteiger partial charge in [-0.1, -0.05) is 117 Å². The Morgan fingerprint density at radius 3 is 2.08 bits per heavy atom. The molecule has 1 aromatic heterocycles. The topological polar surface area (TPSA) is 175 Å². The number of alkyl carbamates (subject to hydrolysis) is 1. The quantitative estimate of drug-likeness (QED) is 0.0830. The van der Waals surface area contributed by atoms with E-state index in [2.05, 4.69) is 31.2 Å². The number of nitrogens with zero attached hydrogens (tertiary/aromatic N) is 1. The molecule has 53 heavy (non-hydrogen) atoms. The summed E-state index contributed by atoms with van der Waals surface area (Å²) in [5, 5.41) is 24.1. The number of fused-ring (bicyclic) bond motifs is 1. The lowest BCUT2D eigenvalue weighted by Gasteiger charge is -2.28. The molecule has 0 radical (unpaired) electrons. The molecule has 5 rings (SSSR count). The van der Waals surface area contributed by atoms with Crippen molar-refractivity contribution in [3.63, 3.8) is 0 Å². The normalized spacial score (nSPS) is 13.4. The number of carbonyl (C=O) groups excluding carboxylic acids is 4. The number of ether oxygens (including phenoxy) is 1. The maximum Gasteiger partial charge on any atom is 0.408 e. The van der Waals surface area contributed by atoms with Gasteiger partial charge in [-0.2, -0.15) is 0 Å². The highest BCUT2D eigenvalue weighted by Gasteiger charge is 2.33. The van der Waals surface area contributed by atoms with E-state index in [-0.39, 0.29) is 38.3 Å². The van der Waals surface area contributed by atoms with E-state index in [1.165, 1.54) is 12.5 Å². The predicted octanol–water partition coefficient (Wildman–Crippen LogP) is 4.34. The van der Waals surface area contributed by atoms with Crippen molar-refractivity contribution in [1.29, 1.82) is 0 Å². The Labute approximate surface area is 308 Å². The Morgan fingerprint density at radius 1 is 0.736 bits per heavy atom. The summed E-state index contributed by atoms with van der Waals surface area (Å²) in [5.41, 5.74) is 3.01. The number of aliphatic hydroxyl groups excluding tert-OH is 1. The second-order valence-electron chi connectivity index (χ2n) is 13.3. The van der Waals surface area contributed by atoms with Crippen LogP contribution in [0.5, 0.6) is 0 Å². The second-order valence-corrected chi connectivity index (χ2v) is 13.3. The van der Waals surface area contributed by atoms with E-state index >= 15 is 0 Å². The van der Waals surface area contributed by atoms with Crippen LogP contribution in [-0.2, 0) is 45.1 Å². The highest BCUT2D eigenvalue weighted by molar-refractivity contribution is 5.93. The Balaban J connectivity index is 1.35. The number of benzene rings is 4. The molecule has 0 fully saturated rings. The molecule has 0 saturated carbocycles. The fourth-order valence-electron chi connectivity index (χ4n) is 6.03. The van der Waals surface area contributed by atoms with Gasteiger partial charge < -0.3 is 36.1 Å². The van der Waals surface area contributed by atoms with E-state index in [1.54, 1.807) is 0 Å². The van der Waals surface area contributed by atoms with Gasteiger partial charge in [0.05, 0.1) is 12.4 Å². The number of aromatic amines is 1. The van der Waals surface area contributed by atoms with Gasteiger partial charge in [0.1, 0.15) is 18.7 Å². The molecule has 0 aliphatic carbocycles. The fraction of sp³-hybridized carbons (Fsp3) is 0.293. The summed E-state index contributed by atoms with van der Waals surface area (Å²) in [6.45, 7) is 4.03. The first kappa shape index (κ1) is 38.2. The number of amides is 4. The minimum Gasteiger partial charge on any atom is -0.445 e. The van der Waals surface area contributed by atoms with Gasteiger partial charge >= 0.3 is 6.09 Å². The largest absolute Gasteiger partial charge is 0.445 e. The standard InChI is InChI=1S/C41H46N6O6/c1-27(2)20-34(37(48)40(51)43-23-28-12-5-3-6-13-28)45-39(50)36(22-32-24-42-26-44-32)46-38(49)35(47-41(52)53-25-29-14-7-4-8-15-29)21-31-18-11-17-30-16-9-10-19-33(30)31/h3-19,24,26-27,34-37,48H,20-23,25H2,1-2H3,(H,42,44)(H,43,51)(H,45,50)(H,46,49)(H,47,52)/t34?,35-,36-,37?/m0/s1. The molecule has 12 heteroatoms. The molecule has 2 unspecified atom stereocenters. The Kier molecular flexibility index (Phi) is 13.7. The summed E-state index contributed by atoms with van der Waals surface area (Å²) in [6.07, 6.45) is 1.04. The number of hydrogen-bond donors (Lipinski definition) is 6. The predicted molar refractivity (Wildman–Crippen MR) is 201 cm³/mol. The third-order valence-electron chi connectivity index (χ3n) is 8.75. The summed E-state index contributed by atoms with van der Waals surface area (Å²) in [7, 11) is 0. The lowest BCUT2D eigenvalue weighted by atomic mass is 9.97. The van der Waals surface area contributed by atoms with Gasteiger partial charge in [0.15, 0.2) is 6.10 Å². The van der Waals surface area contributed by atoms with E-state index in [9.17, 15) is 24.3 Å². The van der Waals surface area contributed by atoms with Gasteiger partial charge in [-0.05, 0) is 39.8 Å². The van der Waals surface area contributed by atoms with Crippen LogP contribution in [0.1, 0.15) is 42.7 Å². The number of carbonyl (C=O) groups is 4. The summed E-state index contributed by atoms with van der Waals surface area (Å²) in [5.74, 6) is -1.88. The van der Waals surface area contributed by atoms with Crippen LogP contribution in [0.25, 0.3) is 10.8 Å². The number of rotatable bonds is 17. The van der Waals surface area contributed by atoms with Crippen molar-refractivity contribution < 1.29 is 29.0 Å². The van der Waals surface area contributed by atoms with Gasteiger partial charge in [0.25, 0.3) is 5.91 Å². The van der Waals surface area contributed by atoms with Crippen LogP contribution in [0.4, 0.5) is 4.79 Å². The van der Waals surface area contributed by atoms with Gasteiger partial charge in [-0.3, -0.25) is 14.4 Å². The van der Waals surface area contributed by atoms with Crippen molar-refractivity contribution in [1.82, 2.24) is 31.2 Å². The first-order valence-electron chi connectivity index (χ1n) is 17.7. The zero-order chi connectivity index (χ0) is 37.6. The lowest BCUT2D eigenvalue weighted by Crippen LogP contribution is -2.58. The Morgan fingerprint density at radius 2 is 1.38 bits per heavy atom. The molecule has 6 N–H and O–H groups in total. The number of H-pyrrole nitrogens is 1. The maximum absolute atomic E-state index is 14.2. The third kappa shape index (κ3) is 11.5. The summed E-state index contributed by atoms with van der Waals surface area (Å²) < 4.78 is 5.47. The van der Waals surface area contributed by atoms with Crippen molar-refractivity contribution in [3.05, 3.63) is 138 Å². The number of nitrogens with one attached hydrogen (secondary N) is 5. The molecule has 0 saturated heterocycles. The SMILES string of the molecule is CC(C)CC(NC(=O)[C@H](Cc1cnc[nH]1)NC(=O)[C@H](Cc1cccc2ccccc12)NC(=O)OCc1ccccc1)C(O)C(=O)NCc1ccccc1. The highest BCUT2D eigenvalue weighted by atomic mass is 16.5. The zero-order valence-corrected chi connectivity index (χ0v) is 29.8. The summed E-state index contributed by atoms with van der Waals surface area (Å²) >= 11 is 0. The van der Waals surface area contributed by atoms with Gasteiger partial charge in [0, 0.05) is 31.3 Å².